The van der Waals surface area contributed by atoms with E-state index in [9.17, 15) is 0 Å². The Kier molecular flexibility index (Phi) is 4.15. The lowest BCUT2D eigenvalue weighted by atomic mass is 9.99. The average molecular weight is 227 g/mol. The molecule has 0 unspecified atom stereocenters. The first-order chi connectivity index (χ1) is 8.38. The van der Waals surface area contributed by atoms with Gasteiger partial charge in [0.2, 0.25) is 6.19 Å². The van der Waals surface area contributed by atoms with Crippen LogP contribution in [0.15, 0.2) is 35.4 Å². The first-order valence-electron chi connectivity index (χ1n) is 6.16. The van der Waals surface area contributed by atoms with Crippen molar-refractivity contribution in [2.75, 3.05) is 0 Å². The van der Waals surface area contributed by atoms with Crippen molar-refractivity contribution < 1.29 is 0 Å². The van der Waals surface area contributed by atoms with E-state index in [0.717, 1.165) is 18.4 Å². The molecule has 1 aliphatic rings. The first-order valence-corrected chi connectivity index (χ1v) is 6.16. The van der Waals surface area contributed by atoms with E-state index >= 15 is 0 Å². The highest BCUT2D eigenvalue weighted by Crippen LogP contribution is 2.16. The van der Waals surface area contributed by atoms with Crippen molar-refractivity contribution in [3.05, 3.63) is 35.9 Å². The van der Waals surface area contributed by atoms with E-state index in [-0.39, 0.29) is 0 Å². The van der Waals surface area contributed by atoms with E-state index in [1.807, 2.05) is 30.3 Å². The maximum Gasteiger partial charge on any atom is 0.202 e. The lowest BCUT2D eigenvalue weighted by Crippen LogP contribution is -2.15. The number of rotatable bonds is 3. The van der Waals surface area contributed by atoms with Crippen LogP contribution in [0.3, 0.4) is 0 Å². The molecule has 0 spiro atoms. The van der Waals surface area contributed by atoms with Crippen molar-refractivity contribution >= 4 is 5.71 Å². The average Bonchev–Trinajstić information content (AvgIpc) is 2.40. The third-order valence-corrected chi connectivity index (χ3v) is 2.98. The van der Waals surface area contributed by atoms with Gasteiger partial charge in [-0.2, -0.15) is 15.4 Å². The van der Waals surface area contributed by atoms with E-state index < -0.39 is 0 Å². The monoisotopic (exact) mass is 227 g/mol. The van der Waals surface area contributed by atoms with E-state index in [2.05, 4.69) is 11.3 Å². The minimum absolute atomic E-state index is 0.570. The van der Waals surface area contributed by atoms with E-state index in [4.69, 9.17) is 5.26 Å². The normalized spacial score (nSPS) is 15.1. The number of hydrogen-bond acceptors (Lipinski definition) is 3. The van der Waals surface area contributed by atoms with Crippen LogP contribution >= 0.6 is 0 Å². The van der Waals surface area contributed by atoms with Gasteiger partial charge in [-0.15, -0.1) is 0 Å². The van der Waals surface area contributed by atoms with E-state index in [0.29, 0.717) is 6.54 Å². The van der Waals surface area contributed by atoms with Crippen LogP contribution in [0.2, 0.25) is 0 Å². The Labute approximate surface area is 102 Å². The van der Waals surface area contributed by atoms with E-state index in [1.165, 1.54) is 30.0 Å². The van der Waals surface area contributed by atoms with Gasteiger partial charge >= 0.3 is 0 Å². The highest BCUT2D eigenvalue weighted by molar-refractivity contribution is 5.84. The Morgan fingerprint density at radius 1 is 1.12 bits per heavy atom. The molecular weight excluding hydrogens is 210 g/mol. The summed E-state index contributed by atoms with van der Waals surface area (Å²) < 4.78 is 0. The third-order valence-electron chi connectivity index (χ3n) is 2.98. The molecule has 0 bridgehead atoms. The molecule has 17 heavy (non-hydrogen) atoms. The molecule has 0 N–H and O–H groups in total. The van der Waals surface area contributed by atoms with Crippen LogP contribution in [0.5, 0.6) is 0 Å². The van der Waals surface area contributed by atoms with Crippen LogP contribution in [0.4, 0.5) is 0 Å². The predicted molar refractivity (Wildman–Crippen MR) is 68.1 cm³/mol. The van der Waals surface area contributed by atoms with Crippen molar-refractivity contribution in [2.45, 2.75) is 38.6 Å². The number of benzene rings is 1. The van der Waals surface area contributed by atoms with Crippen LogP contribution in [0.1, 0.15) is 37.7 Å². The third kappa shape index (κ3) is 3.60. The Morgan fingerprint density at radius 3 is 2.47 bits per heavy atom. The number of hydrogen-bond donors (Lipinski definition) is 0. The summed E-state index contributed by atoms with van der Waals surface area (Å²) in [4.78, 5) is 0. The Hall–Kier alpha value is -1.82. The zero-order chi connectivity index (χ0) is 11.9. The summed E-state index contributed by atoms with van der Waals surface area (Å²) in [6.45, 7) is 0.570. The first kappa shape index (κ1) is 11.7. The van der Waals surface area contributed by atoms with Gasteiger partial charge in [0.05, 0.1) is 6.54 Å². The molecule has 2 rings (SSSR count). The van der Waals surface area contributed by atoms with Gasteiger partial charge in [0.1, 0.15) is 0 Å². The summed E-state index contributed by atoms with van der Waals surface area (Å²) in [6.07, 6.45) is 7.96. The van der Waals surface area contributed by atoms with Crippen LogP contribution in [0.25, 0.3) is 0 Å². The van der Waals surface area contributed by atoms with Crippen molar-refractivity contribution in [1.82, 2.24) is 5.01 Å². The second-order valence-corrected chi connectivity index (χ2v) is 4.37. The maximum atomic E-state index is 9.09. The van der Waals surface area contributed by atoms with Crippen LogP contribution in [0, 0.1) is 11.5 Å². The molecule has 0 amide bonds. The largest absolute Gasteiger partial charge is 0.202 e. The predicted octanol–water partition coefficient (Wildman–Crippen LogP) is 3.29. The molecule has 1 fully saturated rings. The summed E-state index contributed by atoms with van der Waals surface area (Å²) in [7, 11) is 0. The summed E-state index contributed by atoms with van der Waals surface area (Å²) in [5.41, 5.74) is 2.29. The van der Waals surface area contributed by atoms with Crippen LogP contribution in [-0.2, 0) is 6.54 Å². The van der Waals surface area contributed by atoms with Gasteiger partial charge in [-0.1, -0.05) is 36.8 Å². The highest BCUT2D eigenvalue weighted by Gasteiger charge is 2.09. The van der Waals surface area contributed by atoms with Crippen LogP contribution < -0.4 is 0 Å². The van der Waals surface area contributed by atoms with Crippen molar-refractivity contribution in [3.8, 4) is 6.19 Å². The Balaban J connectivity index is 2.00. The highest BCUT2D eigenvalue weighted by atomic mass is 15.4. The van der Waals surface area contributed by atoms with Crippen molar-refractivity contribution in [3.63, 3.8) is 0 Å². The van der Waals surface area contributed by atoms with Crippen molar-refractivity contribution in [2.24, 2.45) is 5.10 Å². The van der Waals surface area contributed by atoms with E-state index in [1.54, 1.807) is 0 Å². The van der Waals surface area contributed by atoms with Crippen molar-refractivity contribution in [1.29, 1.82) is 5.26 Å². The number of nitriles is 1. The Morgan fingerprint density at radius 2 is 1.82 bits per heavy atom. The van der Waals surface area contributed by atoms with Gasteiger partial charge in [-0.3, -0.25) is 0 Å². The molecular formula is C14H17N3. The lowest BCUT2D eigenvalue weighted by molar-refractivity contribution is 0.404. The molecule has 0 heterocycles. The van der Waals surface area contributed by atoms with Gasteiger partial charge < -0.3 is 0 Å². The molecule has 0 aromatic heterocycles. The fourth-order valence-electron chi connectivity index (χ4n) is 2.08. The molecule has 3 nitrogen and oxygen atoms in total. The number of hydrazone groups is 1. The molecule has 0 aliphatic heterocycles. The second kappa shape index (κ2) is 6.05. The lowest BCUT2D eigenvalue weighted by Gasteiger charge is -2.16. The maximum absolute atomic E-state index is 9.09. The fraction of sp³-hybridized carbons (Fsp3) is 0.429. The van der Waals surface area contributed by atoms with Gasteiger partial charge in [0, 0.05) is 5.71 Å². The minimum Gasteiger partial charge on any atom is -0.196 e. The quantitative estimate of drug-likeness (QED) is 0.451. The topological polar surface area (TPSA) is 39.4 Å². The SMILES string of the molecule is N#CN(Cc1ccccc1)N=C1CCCCC1. The molecule has 0 atom stereocenters. The zero-order valence-corrected chi connectivity index (χ0v) is 9.97. The molecule has 1 aliphatic carbocycles. The van der Waals surface area contributed by atoms with Gasteiger partial charge in [-0.25, -0.2) is 0 Å². The minimum atomic E-state index is 0.570. The van der Waals surface area contributed by atoms with Gasteiger partial charge in [0.15, 0.2) is 0 Å². The smallest absolute Gasteiger partial charge is 0.196 e. The summed E-state index contributed by atoms with van der Waals surface area (Å²) in [6, 6.07) is 9.99. The molecule has 0 saturated heterocycles. The Bertz CT molecular complexity index is 409. The zero-order valence-electron chi connectivity index (χ0n) is 9.97. The summed E-state index contributed by atoms with van der Waals surface area (Å²) in [5.74, 6) is 0. The molecule has 3 heteroatoms. The second-order valence-electron chi connectivity index (χ2n) is 4.37. The fourth-order valence-corrected chi connectivity index (χ4v) is 2.08. The molecule has 1 saturated carbocycles. The standard InChI is InChI=1S/C14H17N3/c15-12-17(11-13-7-3-1-4-8-13)16-14-9-5-2-6-10-14/h1,3-4,7-8H,2,5-6,9-11H2. The van der Waals surface area contributed by atoms with Crippen LogP contribution in [-0.4, -0.2) is 10.7 Å². The number of nitrogens with zero attached hydrogens (tertiary/aromatic N) is 3. The molecule has 1 aromatic carbocycles. The summed E-state index contributed by atoms with van der Waals surface area (Å²) >= 11 is 0. The summed E-state index contributed by atoms with van der Waals surface area (Å²) in [5, 5.41) is 15.0. The van der Waals surface area contributed by atoms with Gasteiger partial charge in [0.25, 0.3) is 0 Å². The molecule has 1 aromatic rings. The molecule has 0 radical (unpaired) electrons. The molecule has 88 valence electrons. The van der Waals surface area contributed by atoms with Gasteiger partial charge in [-0.05, 0) is 31.2 Å².